The molecule has 0 saturated carbocycles. The molecular formula is C14H12Cl3N3O2. The molecular weight excluding hydrogens is 349 g/mol. The number of carbonyl (C=O) groups excluding carboxylic acids is 1. The molecule has 1 heterocycles. The summed E-state index contributed by atoms with van der Waals surface area (Å²) in [5.74, 6) is -0.365. The number of carbonyl (C=O) groups is 1. The smallest absolute Gasteiger partial charge is 0.287 e. The Bertz CT molecular complexity index is 744. The van der Waals surface area contributed by atoms with Crippen LogP contribution in [0.1, 0.15) is 18.5 Å². The maximum Gasteiger partial charge on any atom is 0.287 e. The van der Waals surface area contributed by atoms with Crippen LogP contribution in [0.15, 0.2) is 35.3 Å². The molecule has 1 N–H and O–H groups in total. The highest BCUT2D eigenvalue weighted by molar-refractivity contribution is 6.41. The first-order valence-electron chi connectivity index (χ1n) is 6.34. The predicted molar refractivity (Wildman–Crippen MR) is 86.5 cm³/mol. The molecule has 0 aliphatic rings. The topological polar surface area (TPSA) is 64.0 Å². The molecule has 116 valence electrons. The molecule has 0 bridgehead atoms. The second-order valence-corrected chi connectivity index (χ2v) is 5.83. The number of nitrogens with zero attached hydrogens (tertiary/aromatic N) is 2. The molecule has 0 spiro atoms. The van der Waals surface area contributed by atoms with Crippen LogP contribution in [0, 0.1) is 0 Å². The SMILES string of the molecule is C[C@@H](NC(=O)Cn1ncc(Cl)c(Cl)c1=O)c1ccc(Cl)cc1. The normalized spacial score (nSPS) is 12.0. The lowest BCUT2D eigenvalue weighted by atomic mass is 10.1. The number of rotatable bonds is 4. The molecule has 5 nitrogen and oxygen atoms in total. The van der Waals surface area contributed by atoms with E-state index >= 15 is 0 Å². The van der Waals surface area contributed by atoms with Crippen molar-refractivity contribution in [2.45, 2.75) is 19.5 Å². The van der Waals surface area contributed by atoms with Crippen molar-refractivity contribution in [3.05, 3.63) is 61.4 Å². The van der Waals surface area contributed by atoms with Crippen molar-refractivity contribution in [3.63, 3.8) is 0 Å². The molecule has 0 saturated heterocycles. The van der Waals surface area contributed by atoms with Crippen LogP contribution in [0.5, 0.6) is 0 Å². The molecule has 1 atom stereocenters. The minimum absolute atomic E-state index is 0.0536. The lowest BCUT2D eigenvalue weighted by molar-refractivity contribution is -0.122. The van der Waals surface area contributed by atoms with Crippen LogP contribution in [0.2, 0.25) is 15.1 Å². The van der Waals surface area contributed by atoms with Crippen molar-refractivity contribution in [1.29, 1.82) is 0 Å². The van der Waals surface area contributed by atoms with Crippen LogP contribution >= 0.6 is 34.8 Å². The van der Waals surface area contributed by atoms with Crippen LogP contribution in [0.4, 0.5) is 0 Å². The first kappa shape index (κ1) is 16.8. The van der Waals surface area contributed by atoms with Gasteiger partial charge in [0.05, 0.1) is 17.3 Å². The van der Waals surface area contributed by atoms with Crippen molar-refractivity contribution in [1.82, 2.24) is 15.1 Å². The fourth-order valence-corrected chi connectivity index (χ4v) is 2.21. The number of amides is 1. The van der Waals surface area contributed by atoms with E-state index in [0.29, 0.717) is 5.02 Å². The third kappa shape index (κ3) is 4.00. The maximum absolute atomic E-state index is 12.0. The van der Waals surface area contributed by atoms with E-state index in [4.69, 9.17) is 34.8 Å². The summed E-state index contributed by atoms with van der Waals surface area (Å²) < 4.78 is 0.956. The van der Waals surface area contributed by atoms with E-state index in [1.54, 1.807) is 12.1 Å². The molecule has 0 radical (unpaired) electrons. The number of nitrogens with one attached hydrogen (secondary N) is 1. The van der Waals surface area contributed by atoms with Crippen molar-refractivity contribution in [2.24, 2.45) is 0 Å². The Kier molecular flexibility index (Phi) is 5.45. The highest BCUT2D eigenvalue weighted by Gasteiger charge is 2.13. The number of hydrogen-bond donors (Lipinski definition) is 1. The molecule has 22 heavy (non-hydrogen) atoms. The Morgan fingerprint density at radius 3 is 2.55 bits per heavy atom. The van der Waals surface area contributed by atoms with Gasteiger partial charge in [0.15, 0.2) is 0 Å². The molecule has 2 rings (SSSR count). The minimum Gasteiger partial charge on any atom is -0.348 e. The minimum atomic E-state index is -0.608. The largest absolute Gasteiger partial charge is 0.348 e. The third-order valence-electron chi connectivity index (χ3n) is 2.98. The average molecular weight is 361 g/mol. The van der Waals surface area contributed by atoms with Crippen molar-refractivity contribution >= 4 is 40.7 Å². The molecule has 0 unspecified atom stereocenters. The Balaban J connectivity index is 2.06. The quantitative estimate of drug-likeness (QED) is 0.911. The summed E-state index contributed by atoms with van der Waals surface area (Å²) >= 11 is 17.2. The molecule has 1 amide bonds. The van der Waals surface area contributed by atoms with Gasteiger partial charge in [-0.05, 0) is 24.6 Å². The van der Waals surface area contributed by atoms with Gasteiger partial charge in [-0.1, -0.05) is 46.9 Å². The van der Waals surface area contributed by atoms with Gasteiger partial charge in [-0.15, -0.1) is 0 Å². The molecule has 1 aromatic carbocycles. The van der Waals surface area contributed by atoms with E-state index in [1.807, 2.05) is 19.1 Å². The molecule has 0 aliphatic carbocycles. The first-order chi connectivity index (χ1) is 10.4. The zero-order chi connectivity index (χ0) is 16.3. The van der Waals surface area contributed by atoms with Gasteiger partial charge in [-0.25, -0.2) is 4.68 Å². The molecule has 0 aliphatic heterocycles. The zero-order valence-corrected chi connectivity index (χ0v) is 13.8. The van der Waals surface area contributed by atoms with Gasteiger partial charge < -0.3 is 5.32 Å². The maximum atomic E-state index is 12.0. The van der Waals surface area contributed by atoms with Crippen LogP contribution in [0.3, 0.4) is 0 Å². The second-order valence-electron chi connectivity index (χ2n) is 4.61. The zero-order valence-electron chi connectivity index (χ0n) is 11.5. The summed E-state index contributed by atoms with van der Waals surface area (Å²) in [6.07, 6.45) is 1.22. The van der Waals surface area contributed by atoms with Crippen molar-refractivity contribution in [3.8, 4) is 0 Å². The number of hydrogen-bond acceptors (Lipinski definition) is 3. The van der Waals surface area contributed by atoms with E-state index in [1.165, 1.54) is 6.20 Å². The van der Waals surface area contributed by atoms with Gasteiger partial charge >= 0.3 is 0 Å². The van der Waals surface area contributed by atoms with E-state index in [9.17, 15) is 9.59 Å². The summed E-state index contributed by atoms with van der Waals surface area (Å²) in [5.41, 5.74) is 0.288. The average Bonchev–Trinajstić information content (AvgIpc) is 2.48. The monoisotopic (exact) mass is 359 g/mol. The van der Waals surface area contributed by atoms with E-state index in [-0.39, 0.29) is 28.5 Å². The Labute approximate surface area is 141 Å². The summed E-state index contributed by atoms with van der Waals surface area (Å²) in [6, 6.07) is 6.88. The highest BCUT2D eigenvalue weighted by Crippen LogP contribution is 2.16. The second kappa shape index (κ2) is 7.13. The van der Waals surface area contributed by atoms with Crippen LogP contribution in [-0.2, 0) is 11.3 Å². The lowest BCUT2D eigenvalue weighted by Crippen LogP contribution is -2.35. The summed E-state index contributed by atoms with van der Waals surface area (Å²) in [5, 5.41) is 7.06. The standard InChI is InChI=1S/C14H12Cl3N3O2/c1-8(9-2-4-10(15)5-3-9)19-12(21)7-20-14(22)13(17)11(16)6-18-20/h2-6,8H,7H2,1H3,(H,19,21)/t8-/m1/s1. The van der Waals surface area contributed by atoms with Crippen LogP contribution in [-0.4, -0.2) is 15.7 Å². The van der Waals surface area contributed by atoms with Crippen molar-refractivity contribution < 1.29 is 4.79 Å². The highest BCUT2D eigenvalue weighted by atomic mass is 35.5. The van der Waals surface area contributed by atoms with Crippen LogP contribution < -0.4 is 10.9 Å². The van der Waals surface area contributed by atoms with Gasteiger partial charge in [-0.3, -0.25) is 9.59 Å². The number of aromatic nitrogens is 2. The molecule has 2 aromatic rings. The van der Waals surface area contributed by atoms with Gasteiger partial charge in [0.25, 0.3) is 5.56 Å². The Morgan fingerprint density at radius 2 is 1.91 bits per heavy atom. The predicted octanol–water partition coefficient (Wildman–Crippen LogP) is 3.08. The molecule has 0 fully saturated rings. The number of halogens is 3. The van der Waals surface area contributed by atoms with Gasteiger partial charge in [0.2, 0.25) is 5.91 Å². The van der Waals surface area contributed by atoms with Crippen molar-refractivity contribution in [2.75, 3.05) is 0 Å². The lowest BCUT2D eigenvalue weighted by Gasteiger charge is -2.14. The third-order valence-corrected chi connectivity index (χ3v) is 3.98. The summed E-state index contributed by atoms with van der Waals surface area (Å²) in [7, 11) is 0. The summed E-state index contributed by atoms with van der Waals surface area (Å²) in [4.78, 5) is 23.8. The Morgan fingerprint density at radius 1 is 1.27 bits per heavy atom. The Hall–Kier alpha value is -1.56. The fraction of sp³-hybridized carbons (Fsp3) is 0.214. The van der Waals surface area contributed by atoms with E-state index in [0.717, 1.165) is 10.2 Å². The van der Waals surface area contributed by atoms with E-state index < -0.39 is 5.56 Å². The van der Waals surface area contributed by atoms with Gasteiger partial charge in [0.1, 0.15) is 11.6 Å². The van der Waals surface area contributed by atoms with Crippen LogP contribution in [0.25, 0.3) is 0 Å². The summed E-state index contributed by atoms with van der Waals surface area (Å²) in [6.45, 7) is 1.58. The van der Waals surface area contributed by atoms with Gasteiger partial charge in [0, 0.05) is 5.02 Å². The molecule has 1 aromatic heterocycles. The molecule has 8 heteroatoms. The first-order valence-corrected chi connectivity index (χ1v) is 7.48. The number of benzene rings is 1. The van der Waals surface area contributed by atoms with E-state index in [2.05, 4.69) is 10.4 Å². The van der Waals surface area contributed by atoms with Gasteiger partial charge in [-0.2, -0.15) is 5.10 Å². The fourth-order valence-electron chi connectivity index (χ4n) is 1.82.